The average Bonchev–Trinajstić information content (AvgIpc) is 3.49. The van der Waals surface area contributed by atoms with Crippen LogP contribution in [-0.4, -0.2) is 46.5 Å². The van der Waals surface area contributed by atoms with Crippen molar-refractivity contribution in [3.8, 4) is 11.1 Å². The zero-order chi connectivity index (χ0) is 22.6. The van der Waals surface area contributed by atoms with Crippen molar-refractivity contribution in [1.29, 1.82) is 0 Å². The lowest BCUT2D eigenvalue weighted by Gasteiger charge is -2.28. The van der Waals surface area contributed by atoms with Gasteiger partial charge in [-0.15, -0.1) is 6.58 Å². The summed E-state index contributed by atoms with van der Waals surface area (Å²) in [5, 5.41) is 9.57. The van der Waals surface area contributed by atoms with Gasteiger partial charge in [-0.1, -0.05) is 60.2 Å². The van der Waals surface area contributed by atoms with Crippen LogP contribution in [0.2, 0.25) is 0 Å². The topological polar surface area (TPSA) is 78.1 Å². The summed E-state index contributed by atoms with van der Waals surface area (Å²) in [6.07, 6.45) is 4.39. The number of likely N-dealkylation sites (tertiary alicyclic amines) is 1. The van der Waals surface area contributed by atoms with E-state index in [-0.39, 0.29) is 11.8 Å². The van der Waals surface area contributed by atoms with Gasteiger partial charge in [0.05, 0.1) is 5.41 Å². The van der Waals surface area contributed by atoms with E-state index in [1.54, 1.807) is 23.2 Å². The monoisotopic (exact) mass is 428 g/mol. The first-order chi connectivity index (χ1) is 15.5. The van der Waals surface area contributed by atoms with Gasteiger partial charge in [-0.3, -0.25) is 14.7 Å². The van der Waals surface area contributed by atoms with Gasteiger partial charge in [0.15, 0.2) is 0 Å². The van der Waals surface area contributed by atoms with E-state index in [1.165, 1.54) is 5.56 Å². The molecule has 2 amide bonds. The van der Waals surface area contributed by atoms with Crippen LogP contribution in [-0.2, 0) is 11.2 Å². The number of rotatable bonds is 7. The van der Waals surface area contributed by atoms with Crippen LogP contribution in [0, 0.1) is 12.3 Å². The predicted molar refractivity (Wildman–Crippen MR) is 125 cm³/mol. The maximum absolute atomic E-state index is 13.3. The maximum atomic E-state index is 13.3. The minimum Gasteiger partial charge on any atom is -0.352 e. The fourth-order valence-electron chi connectivity index (χ4n) is 4.35. The molecule has 0 bridgehead atoms. The van der Waals surface area contributed by atoms with Crippen molar-refractivity contribution in [2.24, 2.45) is 5.41 Å². The van der Waals surface area contributed by atoms with Crippen molar-refractivity contribution in [1.82, 2.24) is 20.4 Å². The number of H-pyrrole nitrogens is 1. The summed E-state index contributed by atoms with van der Waals surface area (Å²) in [6, 6.07) is 18.4. The smallest absolute Gasteiger partial charge is 0.271 e. The second-order valence-electron chi connectivity index (χ2n) is 8.47. The highest BCUT2D eigenvalue weighted by Gasteiger charge is 2.46. The standard InChI is InChI=1S/C26H28N4O2/c1-3-13-27-25(32)26(12-15-30(18-26)24(31)23-11-14-28-29-23)17-20-5-4-6-22(16-20)21-9-7-19(2)8-10-21/h3-11,14,16H,1,12-13,15,17-18H2,2H3,(H,27,32)(H,28,29). The SMILES string of the molecule is C=CCNC(=O)C1(Cc2cccc(-c3ccc(C)cc3)c2)CCN(C(=O)c2ccn[nH]2)C1. The molecule has 1 aromatic heterocycles. The Morgan fingerprint density at radius 2 is 2.00 bits per heavy atom. The molecule has 0 radical (unpaired) electrons. The molecule has 2 aromatic carbocycles. The number of nitrogens with zero attached hydrogens (tertiary/aromatic N) is 2. The highest BCUT2D eigenvalue weighted by molar-refractivity contribution is 5.93. The molecule has 0 spiro atoms. The zero-order valence-electron chi connectivity index (χ0n) is 18.3. The third kappa shape index (κ3) is 4.49. The molecule has 2 heterocycles. The molecule has 1 fully saturated rings. The number of aromatic nitrogens is 2. The van der Waals surface area contributed by atoms with Crippen molar-refractivity contribution < 1.29 is 9.59 Å². The molecule has 0 aliphatic carbocycles. The molecule has 4 rings (SSSR count). The molecule has 1 aliphatic rings. The molecule has 3 aromatic rings. The molecule has 0 saturated carbocycles. The predicted octanol–water partition coefficient (Wildman–Crippen LogP) is 3.76. The van der Waals surface area contributed by atoms with Crippen LogP contribution in [0.4, 0.5) is 0 Å². The summed E-state index contributed by atoms with van der Waals surface area (Å²) in [7, 11) is 0. The van der Waals surface area contributed by atoms with Crippen LogP contribution in [0.3, 0.4) is 0 Å². The fraction of sp³-hybridized carbons (Fsp3) is 0.269. The van der Waals surface area contributed by atoms with E-state index in [0.717, 1.165) is 16.7 Å². The fourth-order valence-corrected chi connectivity index (χ4v) is 4.35. The summed E-state index contributed by atoms with van der Waals surface area (Å²) >= 11 is 0. The number of benzene rings is 2. The first-order valence-electron chi connectivity index (χ1n) is 10.8. The number of amides is 2. The lowest BCUT2D eigenvalue weighted by atomic mass is 9.79. The molecule has 164 valence electrons. The third-order valence-corrected chi connectivity index (χ3v) is 6.12. The van der Waals surface area contributed by atoms with Gasteiger partial charge in [-0.05, 0) is 42.5 Å². The second-order valence-corrected chi connectivity index (χ2v) is 8.47. The average molecular weight is 429 g/mol. The Morgan fingerprint density at radius 3 is 2.72 bits per heavy atom. The van der Waals surface area contributed by atoms with Gasteiger partial charge in [-0.2, -0.15) is 5.10 Å². The van der Waals surface area contributed by atoms with Crippen LogP contribution in [0.5, 0.6) is 0 Å². The summed E-state index contributed by atoms with van der Waals surface area (Å²) in [6.45, 7) is 7.07. The summed E-state index contributed by atoms with van der Waals surface area (Å²) in [5.41, 5.74) is 4.31. The van der Waals surface area contributed by atoms with Crippen molar-refractivity contribution >= 4 is 11.8 Å². The number of hydrogen-bond donors (Lipinski definition) is 2. The lowest BCUT2D eigenvalue weighted by molar-refractivity contribution is -0.130. The molecule has 1 atom stereocenters. The Morgan fingerprint density at radius 1 is 1.19 bits per heavy atom. The molecular weight excluding hydrogens is 400 g/mol. The van der Waals surface area contributed by atoms with Gasteiger partial charge >= 0.3 is 0 Å². The molecule has 2 N–H and O–H groups in total. The quantitative estimate of drug-likeness (QED) is 0.563. The minimum absolute atomic E-state index is 0.0435. The number of aromatic amines is 1. The molecule has 6 heteroatoms. The maximum Gasteiger partial charge on any atom is 0.271 e. The van der Waals surface area contributed by atoms with Crippen molar-refractivity contribution in [2.45, 2.75) is 19.8 Å². The molecule has 1 unspecified atom stereocenters. The molecule has 6 nitrogen and oxygen atoms in total. The van der Waals surface area contributed by atoms with Crippen molar-refractivity contribution in [3.63, 3.8) is 0 Å². The molecular formula is C26H28N4O2. The minimum atomic E-state index is -0.690. The Bertz CT molecular complexity index is 1110. The first kappa shape index (κ1) is 21.6. The van der Waals surface area contributed by atoms with E-state index in [4.69, 9.17) is 0 Å². The molecule has 32 heavy (non-hydrogen) atoms. The van der Waals surface area contributed by atoms with E-state index in [0.29, 0.717) is 38.2 Å². The lowest BCUT2D eigenvalue weighted by Crippen LogP contribution is -2.45. The van der Waals surface area contributed by atoms with Gasteiger partial charge in [0.2, 0.25) is 5.91 Å². The summed E-state index contributed by atoms with van der Waals surface area (Å²) in [4.78, 5) is 27.9. The third-order valence-electron chi connectivity index (χ3n) is 6.12. The first-order valence-corrected chi connectivity index (χ1v) is 10.8. The number of hydrogen-bond acceptors (Lipinski definition) is 3. The summed E-state index contributed by atoms with van der Waals surface area (Å²) in [5.74, 6) is -0.174. The van der Waals surface area contributed by atoms with Gasteiger partial charge in [0, 0.05) is 25.8 Å². The number of nitrogens with one attached hydrogen (secondary N) is 2. The van der Waals surface area contributed by atoms with Gasteiger partial charge in [0.1, 0.15) is 5.69 Å². The Balaban J connectivity index is 1.60. The Kier molecular flexibility index (Phi) is 6.21. The summed E-state index contributed by atoms with van der Waals surface area (Å²) < 4.78 is 0. The Hall–Kier alpha value is -3.67. The van der Waals surface area contributed by atoms with E-state index in [2.05, 4.69) is 71.5 Å². The number of aryl methyl sites for hydroxylation is 1. The van der Waals surface area contributed by atoms with Crippen LogP contribution >= 0.6 is 0 Å². The second kappa shape index (κ2) is 9.22. The van der Waals surface area contributed by atoms with E-state index >= 15 is 0 Å². The Labute approximate surface area is 188 Å². The van der Waals surface area contributed by atoms with Crippen LogP contribution in [0.1, 0.15) is 28.0 Å². The van der Waals surface area contributed by atoms with Crippen molar-refractivity contribution in [3.05, 3.63) is 90.3 Å². The molecule has 1 aliphatic heterocycles. The largest absolute Gasteiger partial charge is 0.352 e. The van der Waals surface area contributed by atoms with Gasteiger partial charge in [-0.25, -0.2) is 0 Å². The van der Waals surface area contributed by atoms with E-state index in [9.17, 15) is 9.59 Å². The van der Waals surface area contributed by atoms with E-state index < -0.39 is 5.41 Å². The van der Waals surface area contributed by atoms with Crippen LogP contribution in [0.25, 0.3) is 11.1 Å². The number of carbonyl (C=O) groups is 2. The van der Waals surface area contributed by atoms with Crippen LogP contribution < -0.4 is 5.32 Å². The zero-order valence-corrected chi connectivity index (χ0v) is 18.3. The van der Waals surface area contributed by atoms with Gasteiger partial charge < -0.3 is 10.2 Å². The van der Waals surface area contributed by atoms with Crippen molar-refractivity contribution in [2.75, 3.05) is 19.6 Å². The highest BCUT2D eigenvalue weighted by atomic mass is 16.2. The van der Waals surface area contributed by atoms with Crippen LogP contribution in [0.15, 0.2) is 73.4 Å². The van der Waals surface area contributed by atoms with E-state index in [1.807, 2.05) is 6.07 Å². The number of carbonyl (C=O) groups excluding carboxylic acids is 2. The van der Waals surface area contributed by atoms with Gasteiger partial charge in [0.25, 0.3) is 5.91 Å². The highest BCUT2D eigenvalue weighted by Crippen LogP contribution is 2.36. The molecule has 1 saturated heterocycles. The normalized spacial score (nSPS) is 17.8.